The molecule has 2 amide bonds. The normalized spacial score (nSPS) is 21.9. The summed E-state index contributed by atoms with van der Waals surface area (Å²) in [7, 11) is 1.57. The number of urea groups is 1. The van der Waals surface area contributed by atoms with E-state index in [0.29, 0.717) is 36.2 Å². The molecule has 7 heteroatoms. The van der Waals surface area contributed by atoms with Gasteiger partial charge >= 0.3 is 6.03 Å². The zero-order valence-corrected chi connectivity index (χ0v) is 16.1. The molecule has 1 aromatic carbocycles. The Morgan fingerprint density at radius 2 is 2.08 bits per heavy atom. The molecule has 0 unspecified atom stereocenters. The van der Waals surface area contributed by atoms with E-state index in [1.807, 2.05) is 4.90 Å². The summed E-state index contributed by atoms with van der Waals surface area (Å²) in [5.41, 5.74) is 0.665. The third-order valence-electron chi connectivity index (χ3n) is 4.95. The van der Waals surface area contributed by atoms with Gasteiger partial charge in [0, 0.05) is 31.9 Å². The number of amides is 2. The molecule has 0 bridgehead atoms. The second-order valence-corrected chi connectivity index (χ2v) is 7.34. The van der Waals surface area contributed by atoms with E-state index >= 15 is 0 Å². The molecule has 0 aliphatic carbocycles. The highest BCUT2D eigenvalue weighted by Gasteiger charge is 2.25. The number of benzene rings is 1. The number of hydrogen-bond acceptors (Lipinski definition) is 4. The van der Waals surface area contributed by atoms with Crippen LogP contribution in [0.2, 0.25) is 5.02 Å². The molecule has 0 saturated carbocycles. The van der Waals surface area contributed by atoms with Crippen LogP contribution in [0.4, 0.5) is 10.5 Å². The highest BCUT2D eigenvalue weighted by Crippen LogP contribution is 2.27. The maximum Gasteiger partial charge on any atom is 0.321 e. The Morgan fingerprint density at radius 1 is 1.27 bits per heavy atom. The molecule has 1 atom stereocenters. The number of methoxy groups -OCH3 is 1. The minimum absolute atomic E-state index is 0.0702. The maximum absolute atomic E-state index is 12.7. The summed E-state index contributed by atoms with van der Waals surface area (Å²) in [6.07, 6.45) is 4.76. The fourth-order valence-corrected chi connectivity index (χ4v) is 3.82. The van der Waals surface area contributed by atoms with Crippen LogP contribution in [0.3, 0.4) is 0 Å². The number of hydrogen-bond donors (Lipinski definition) is 1. The van der Waals surface area contributed by atoms with Gasteiger partial charge in [-0.1, -0.05) is 18.0 Å². The van der Waals surface area contributed by atoms with Gasteiger partial charge in [-0.2, -0.15) is 0 Å². The number of rotatable bonds is 4. The number of likely N-dealkylation sites (tertiary alicyclic amines) is 1. The Morgan fingerprint density at radius 3 is 2.81 bits per heavy atom. The Bertz CT molecular complexity index is 608. The topological polar surface area (TPSA) is 54.0 Å². The van der Waals surface area contributed by atoms with E-state index in [-0.39, 0.29) is 12.1 Å². The van der Waals surface area contributed by atoms with Crippen molar-refractivity contribution in [2.75, 3.05) is 51.8 Å². The SMILES string of the molecule is COc1ccc(NC(=O)N2CCCO[C@@H](CN3CCCCC3)C2)cc1Cl. The van der Waals surface area contributed by atoms with Gasteiger partial charge in [-0.15, -0.1) is 0 Å². The second-order valence-electron chi connectivity index (χ2n) is 6.93. The lowest BCUT2D eigenvalue weighted by molar-refractivity contribution is 0.0261. The Hall–Kier alpha value is -1.50. The number of piperidine rings is 1. The van der Waals surface area contributed by atoms with Crippen molar-refractivity contribution in [2.45, 2.75) is 31.8 Å². The molecule has 2 aliphatic rings. The summed E-state index contributed by atoms with van der Waals surface area (Å²) in [6, 6.07) is 5.14. The fourth-order valence-electron chi connectivity index (χ4n) is 3.57. The second kappa shape index (κ2) is 9.44. The van der Waals surface area contributed by atoms with Gasteiger partial charge < -0.3 is 24.6 Å². The third-order valence-corrected chi connectivity index (χ3v) is 5.25. The molecule has 0 radical (unpaired) electrons. The van der Waals surface area contributed by atoms with Gasteiger partial charge in [0.1, 0.15) is 5.75 Å². The first-order valence-electron chi connectivity index (χ1n) is 9.39. The highest BCUT2D eigenvalue weighted by atomic mass is 35.5. The van der Waals surface area contributed by atoms with Crippen LogP contribution in [0.25, 0.3) is 0 Å². The fraction of sp³-hybridized carbons (Fsp3) is 0.632. The largest absolute Gasteiger partial charge is 0.495 e. The number of ether oxygens (including phenoxy) is 2. The number of halogens is 1. The van der Waals surface area contributed by atoms with Crippen LogP contribution in [0.5, 0.6) is 5.75 Å². The van der Waals surface area contributed by atoms with Crippen LogP contribution < -0.4 is 10.1 Å². The monoisotopic (exact) mass is 381 g/mol. The van der Waals surface area contributed by atoms with E-state index in [9.17, 15) is 4.79 Å². The molecule has 2 fully saturated rings. The zero-order chi connectivity index (χ0) is 18.4. The lowest BCUT2D eigenvalue weighted by Gasteiger charge is -2.31. The highest BCUT2D eigenvalue weighted by molar-refractivity contribution is 6.32. The molecule has 0 spiro atoms. The summed E-state index contributed by atoms with van der Waals surface area (Å²) >= 11 is 6.14. The van der Waals surface area contributed by atoms with Crippen LogP contribution in [0.1, 0.15) is 25.7 Å². The van der Waals surface area contributed by atoms with Gasteiger partial charge in [0.05, 0.1) is 18.2 Å². The number of nitrogens with one attached hydrogen (secondary N) is 1. The molecule has 144 valence electrons. The third kappa shape index (κ3) is 5.25. The molecule has 3 rings (SSSR count). The van der Waals surface area contributed by atoms with Gasteiger partial charge in [-0.3, -0.25) is 0 Å². The Balaban J connectivity index is 1.57. The van der Waals surface area contributed by atoms with Crippen molar-refractivity contribution >= 4 is 23.3 Å². The predicted molar refractivity (Wildman–Crippen MR) is 103 cm³/mol. The lowest BCUT2D eigenvalue weighted by Crippen LogP contribution is -2.45. The van der Waals surface area contributed by atoms with Crippen LogP contribution in [0.15, 0.2) is 18.2 Å². The van der Waals surface area contributed by atoms with Crippen molar-refractivity contribution in [3.05, 3.63) is 23.2 Å². The van der Waals surface area contributed by atoms with Crippen molar-refractivity contribution in [1.29, 1.82) is 0 Å². The summed E-state index contributed by atoms with van der Waals surface area (Å²) in [5, 5.41) is 3.41. The van der Waals surface area contributed by atoms with Gasteiger partial charge in [0.25, 0.3) is 0 Å². The molecule has 2 heterocycles. The Labute approximate surface area is 160 Å². The summed E-state index contributed by atoms with van der Waals surface area (Å²) in [6.45, 7) is 5.19. The summed E-state index contributed by atoms with van der Waals surface area (Å²) in [4.78, 5) is 17.0. The molecular formula is C19H28ClN3O3. The number of carbonyl (C=O) groups excluding carboxylic acids is 1. The number of nitrogens with zero attached hydrogens (tertiary/aromatic N) is 2. The molecule has 2 aliphatic heterocycles. The number of carbonyl (C=O) groups is 1. The summed E-state index contributed by atoms with van der Waals surface area (Å²) < 4.78 is 11.1. The van der Waals surface area contributed by atoms with Crippen LogP contribution >= 0.6 is 11.6 Å². The van der Waals surface area contributed by atoms with Crippen molar-refractivity contribution in [3.8, 4) is 5.75 Å². The summed E-state index contributed by atoms with van der Waals surface area (Å²) in [5.74, 6) is 0.592. The van der Waals surface area contributed by atoms with E-state index in [0.717, 1.165) is 26.1 Å². The first kappa shape index (κ1) is 19.3. The quantitative estimate of drug-likeness (QED) is 0.867. The van der Waals surface area contributed by atoms with Crippen molar-refractivity contribution in [1.82, 2.24) is 9.80 Å². The molecule has 6 nitrogen and oxygen atoms in total. The minimum Gasteiger partial charge on any atom is -0.495 e. The first-order chi connectivity index (χ1) is 12.7. The molecular weight excluding hydrogens is 354 g/mol. The van der Waals surface area contributed by atoms with Crippen molar-refractivity contribution in [3.63, 3.8) is 0 Å². The van der Waals surface area contributed by atoms with Gasteiger partial charge in [0.15, 0.2) is 0 Å². The molecule has 26 heavy (non-hydrogen) atoms. The van der Waals surface area contributed by atoms with Gasteiger partial charge in [-0.25, -0.2) is 4.79 Å². The predicted octanol–water partition coefficient (Wildman–Crippen LogP) is 3.46. The van der Waals surface area contributed by atoms with Gasteiger partial charge in [-0.05, 0) is 50.6 Å². The molecule has 1 aromatic rings. The van der Waals surface area contributed by atoms with Crippen LogP contribution in [-0.4, -0.2) is 68.4 Å². The molecule has 1 N–H and O–H groups in total. The van der Waals surface area contributed by atoms with E-state index in [1.54, 1.807) is 25.3 Å². The van der Waals surface area contributed by atoms with Crippen molar-refractivity contribution < 1.29 is 14.3 Å². The van der Waals surface area contributed by atoms with Crippen LogP contribution in [0, 0.1) is 0 Å². The lowest BCUT2D eigenvalue weighted by atomic mass is 10.1. The zero-order valence-electron chi connectivity index (χ0n) is 15.4. The molecule has 2 saturated heterocycles. The standard InChI is InChI=1S/C19H28ClN3O3/c1-25-18-7-6-15(12-17(18)20)21-19(24)23-10-5-11-26-16(14-23)13-22-8-3-2-4-9-22/h6-7,12,16H,2-5,8-11,13-14H2,1H3,(H,21,24)/t16-/m0/s1. The maximum atomic E-state index is 12.7. The minimum atomic E-state index is -0.111. The first-order valence-corrected chi connectivity index (χ1v) is 9.77. The average Bonchev–Trinajstić information content (AvgIpc) is 2.88. The van der Waals surface area contributed by atoms with Crippen LogP contribution in [-0.2, 0) is 4.74 Å². The van der Waals surface area contributed by atoms with E-state index in [1.165, 1.54) is 19.3 Å². The average molecular weight is 382 g/mol. The smallest absolute Gasteiger partial charge is 0.321 e. The molecule has 0 aromatic heterocycles. The Kier molecular flexibility index (Phi) is 7.00. The van der Waals surface area contributed by atoms with Gasteiger partial charge in [0.2, 0.25) is 0 Å². The van der Waals surface area contributed by atoms with E-state index in [4.69, 9.17) is 21.1 Å². The number of anilines is 1. The van der Waals surface area contributed by atoms with E-state index in [2.05, 4.69) is 10.2 Å². The van der Waals surface area contributed by atoms with Crippen molar-refractivity contribution in [2.24, 2.45) is 0 Å². The van der Waals surface area contributed by atoms with E-state index < -0.39 is 0 Å².